The van der Waals surface area contributed by atoms with Crippen LogP contribution in [0, 0.1) is 0 Å². The molecule has 0 unspecified atom stereocenters. The maximum atomic E-state index is 10.0. The summed E-state index contributed by atoms with van der Waals surface area (Å²) in [6.45, 7) is 2.07. The number of unbranched alkanes of at least 4 members (excludes halogenated alkanes) is 1. The average Bonchev–Trinajstić information content (AvgIpc) is 1.79. The predicted molar refractivity (Wildman–Crippen MR) is 44.5 cm³/mol. The number of alkyl halides is 1. The number of rotatable bonds is 5. The highest BCUT2D eigenvalue weighted by Crippen LogP contribution is 2.09. The number of hydrogen-bond donors (Lipinski definition) is 1. The second kappa shape index (κ2) is 5.71. The topological polar surface area (TPSA) is 37.3 Å². The number of aliphatic carboxylic acids is 1. The van der Waals surface area contributed by atoms with Gasteiger partial charge >= 0.3 is 5.97 Å². The smallest absolute Gasteiger partial charge is 0.303 e. The lowest BCUT2D eigenvalue weighted by molar-refractivity contribution is -0.137. The third-order valence-electron chi connectivity index (χ3n) is 1.24. The van der Waals surface area contributed by atoms with Gasteiger partial charge in [-0.1, -0.05) is 29.3 Å². The maximum absolute atomic E-state index is 10.0. The Kier molecular flexibility index (Phi) is 5.69. The summed E-state index contributed by atoms with van der Waals surface area (Å²) in [7, 11) is 0. The number of hydrogen-bond acceptors (Lipinski definition) is 1. The van der Waals surface area contributed by atoms with E-state index in [1.54, 1.807) is 0 Å². The zero-order chi connectivity index (χ0) is 7.98. The van der Waals surface area contributed by atoms with Crippen molar-refractivity contribution < 1.29 is 9.90 Å². The second-order valence-corrected chi connectivity index (χ2v) is 3.98. The van der Waals surface area contributed by atoms with Gasteiger partial charge in [-0.3, -0.25) is 4.79 Å². The highest BCUT2D eigenvalue weighted by atomic mass is 79.9. The quantitative estimate of drug-likeness (QED) is 0.557. The van der Waals surface area contributed by atoms with E-state index < -0.39 is 5.97 Å². The molecule has 0 heterocycles. The second-order valence-electron chi connectivity index (χ2n) is 2.42. The molecule has 0 saturated carbocycles. The fourth-order valence-corrected chi connectivity index (χ4v) is 1.03. The van der Waals surface area contributed by atoms with Crippen molar-refractivity contribution in [3.05, 3.63) is 0 Å². The van der Waals surface area contributed by atoms with Crippen LogP contribution in [-0.2, 0) is 4.79 Å². The third-order valence-corrected chi connectivity index (χ3v) is 1.70. The summed E-state index contributed by atoms with van der Waals surface area (Å²) in [5.41, 5.74) is 0. The van der Waals surface area contributed by atoms with Crippen LogP contribution in [0.1, 0.15) is 32.6 Å². The summed E-state index contributed by atoms with van der Waals surface area (Å²) in [4.78, 5) is 10.5. The minimum absolute atomic E-state index is 0.305. The molecular formula is C7H13BrO2. The molecule has 10 heavy (non-hydrogen) atoms. The fraction of sp³-hybridized carbons (Fsp3) is 0.857. The van der Waals surface area contributed by atoms with Gasteiger partial charge in [0.15, 0.2) is 0 Å². The SMILES string of the molecule is C[C@H](Br)CCCCC(=O)O. The van der Waals surface area contributed by atoms with E-state index in [0.29, 0.717) is 11.2 Å². The van der Waals surface area contributed by atoms with E-state index >= 15 is 0 Å². The summed E-state index contributed by atoms with van der Waals surface area (Å²) < 4.78 is 0. The first-order valence-corrected chi connectivity index (χ1v) is 4.40. The molecule has 0 aliphatic rings. The van der Waals surface area contributed by atoms with Gasteiger partial charge < -0.3 is 5.11 Å². The molecule has 0 rings (SSSR count). The van der Waals surface area contributed by atoms with Crippen molar-refractivity contribution in [1.82, 2.24) is 0 Å². The van der Waals surface area contributed by atoms with Crippen molar-refractivity contribution in [2.75, 3.05) is 0 Å². The monoisotopic (exact) mass is 208 g/mol. The molecule has 2 nitrogen and oxygen atoms in total. The van der Waals surface area contributed by atoms with Crippen molar-refractivity contribution in [2.24, 2.45) is 0 Å². The van der Waals surface area contributed by atoms with Gasteiger partial charge in [0, 0.05) is 11.2 Å². The summed E-state index contributed by atoms with van der Waals surface area (Å²) in [6.07, 6.45) is 3.16. The standard InChI is InChI=1S/C7H13BrO2/c1-6(8)4-2-3-5-7(9)10/h6H,2-5H2,1H3,(H,9,10)/t6-/m0/s1. The molecule has 0 aromatic heterocycles. The van der Waals surface area contributed by atoms with Gasteiger partial charge in [-0.15, -0.1) is 0 Å². The largest absolute Gasteiger partial charge is 0.481 e. The Bertz CT molecular complexity index is 102. The fourth-order valence-electron chi connectivity index (χ4n) is 0.702. The molecule has 0 aromatic rings. The highest BCUT2D eigenvalue weighted by Gasteiger charge is 1.98. The number of carbonyl (C=O) groups is 1. The molecule has 0 aliphatic heterocycles. The average molecular weight is 209 g/mol. The predicted octanol–water partition coefficient (Wildman–Crippen LogP) is 2.41. The zero-order valence-electron chi connectivity index (χ0n) is 6.14. The van der Waals surface area contributed by atoms with Gasteiger partial charge in [0.1, 0.15) is 0 Å². The lowest BCUT2D eigenvalue weighted by Crippen LogP contribution is -1.95. The molecule has 0 aromatic carbocycles. The van der Waals surface area contributed by atoms with Crippen LogP contribution < -0.4 is 0 Å². The summed E-state index contributed by atoms with van der Waals surface area (Å²) >= 11 is 3.39. The minimum Gasteiger partial charge on any atom is -0.481 e. The van der Waals surface area contributed by atoms with Crippen molar-refractivity contribution in [3.63, 3.8) is 0 Å². The lowest BCUT2D eigenvalue weighted by atomic mass is 10.2. The third kappa shape index (κ3) is 7.95. The molecule has 3 heteroatoms. The molecule has 0 spiro atoms. The van der Waals surface area contributed by atoms with Gasteiger partial charge in [-0.05, 0) is 12.8 Å². The Morgan fingerprint density at radius 1 is 1.60 bits per heavy atom. The van der Waals surface area contributed by atoms with Crippen molar-refractivity contribution >= 4 is 21.9 Å². The lowest BCUT2D eigenvalue weighted by Gasteiger charge is -1.99. The van der Waals surface area contributed by atoms with E-state index in [4.69, 9.17) is 5.11 Å². The zero-order valence-corrected chi connectivity index (χ0v) is 7.73. The first-order chi connectivity index (χ1) is 4.63. The summed E-state index contributed by atoms with van der Waals surface area (Å²) in [6, 6.07) is 0. The normalized spacial score (nSPS) is 13.0. The van der Waals surface area contributed by atoms with Crippen LogP contribution in [0.25, 0.3) is 0 Å². The summed E-state index contributed by atoms with van der Waals surface area (Å²) in [5, 5.41) is 8.27. The van der Waals surface area contributed by atoms with Crippen LogP contribution >= 0.6 is 15.9 Å². The van der Waals surface area contributed by atoms with E-state index in [0.717, 1.165) is 19.3 Å². The van der Waals surface area contributed by atoms with Crippen LogP contribution in [0.4, 0.5) is 0 Å². The van der Waals surface area contributed by atoms with E-state index in [2.05, 4.69) is 22.9 Å². The van der Waals surface area contributed by atoms with E-state index in [9.17, 15) is 4.79 Å². The molecule has 0 saturated heterocycles. The Balaban J connectivity index is 2.98. The van der Waals surface area contributed by atoms with Crippen molar-refractivity contribution in [2.45, 2.75) is 37.4 Å². The molecule has 0 amide bonds. The Labute approximate surface area is 69.8 Å². The van der Waals surface area contributed by atoms with Crippen LogP contribution in [0.3, 0.4) is 0 Å². The van der Waals surface area contributed by atoms with E-state index in [1.807, 2.05) is 0 Å². The minimum atomic E-state index is -0.692. The first kappa shape index (κ1) is 9.95. The number of halogens is 1. The van der Waals surface area contributed by atoms with Gasteiger partial charge in [-0.25, -0.2) is 0 Å². The van der Waals surface area contributed by atoms with Gasteiger partial charge in [0.25, 0.3) is 0 Å². The Morgan fingerprint density at radius 2 is 2.20 bits per heavy atom. The number of carboxylic acid groups (broad SMARTS) is 1. The molecular weight excluding hydrogens is 196 g/mol. The Morgan fingerprint density at radius 3 is 2.60 bits per heavy atom. The summed E-state index contributed by atoms with van der Waals surface area (Å²) in [5.74, 6) is -0.692. The molecule has 1 atom stereocenters. The molecule has 0 aliphatic carbocycles. The van der Waals surface area contributed by atoms with Crippen molar-refractivity contribution in [3.8, 4) is 0 Å². The highest BCUT2D eigenvalue weighted by molar-refractivity contribution is 9.09. The van der Waals surface area contributed by atoms with Crippen LogP contribution in [-0.4, -0.2) is 15.9 Å². The van der Waals surface area contributed by atoms with Crippen LogP contribution in [0.5, 0.6) is 0 Å². The molecule has 0 fully saturated rings. The van der Waals surface area contributed by atoms with Gasteiger partial charge in [0.05, 0.1) is 0 Å². The molecule has 0 radical (unpaired) electrons. The van der Waals surface area contributed by atoms with Gasteiger partial charge in [-0.2, -0.15) is 0 Å². The first-order valence-electron chi connectivity index (χ1n) is 3.49. The number of carboxylic acids is 1. The van der Waals surface area contributed by atoms with Crippen molar-refractivity contribution in [1.29, 1.82) is 0 Å². The molecule has 1 N–H and O–H groups in total. The van der Waals surface area contributed by atoms with Gasteiger partial charge in [0.2, 0.25) is 0 Å². The molecule has 0 bridgehead atoms. The molecule has 60 valence electrons. The maximum Gasteiger partial charge on any atom is 0.303 e. The van der Waals surface area contributed by atoms with E-state index in [1.165, 1.54) is 0 Å². The van der Waals surface area contributed by atoms with Crippen LogP contribution in [0.15, 0.2) is 0 Å². The van der Waals surface area contributed by atoms with Crippen LogP contribution in [0.2, 0.25) is 0 Å². The van der Waals surface area contributed by atoms with E-state index in [-0.39, 0.29) is 0 Å². The Hall–Kier alpha value is -0.0500.